The molecular formula is C47H59ClN2O2. The maximum absolute atomic E-state index is 13.4. The van der Waals surface area contributed by atoms with E-state index in [0.717, 1.165) is 74.1 Å². The predicted molar refractivity (Wildman–Crippen MR) is 220 cm³/mol. The molecule has 0 unspecified atom stereocenters. The van der Waals surface area contributed by atoms with Gasteiger partial charge < -0.3 is 9.80 Å². The molecule has 0 aromatic heterocycles. The summed E-state index contributed by atoms with van der Waals surface area (Å²) < 4.78 is 0. The third kappa shape index (κ3) is 9.00. The highest BCUT2D eigenvalue weighted by Crippen LogP contribution is 2.34. The van der Waals surface area contributed by atoms with Gasteiger partial charge >= 0.3 is 0 Å². The molecule has 2 aliphatic heterocycles. The van der Waals surface area contributed by atoms with Gasteiger partial charge in [0.25, 0.3) is 11.8 Å². The first-order valence-electron chi connectivity index (χ1n) is 19.5. The normalized spacial score (nSPS) is 15.5. The Morgan fingerprint density at radius 2 is 0.846 bits per heavy atom. The number of benzene rings is 4. The van der Waals surface area contributed by atoms with E-state index in [1.165, 1.54) is 63.8 Å². The molecule has 6 rings (SSSR count). The molecule has 4 aromatic rings. The van der Waals surface area contributed by atoms with Crippen molar-refractivity contribution in [3.8, 4) is 22.3 Å². The van der Waals surface area contributed by atoms with Gasteiger partial charge in [0.15, 0.2) is 0 Å². The van der Waals surface area contributed by atoms with Crippen LogP contribution in [0.2, 0.25) is 0 Å². The van der Waals surface area contributed by atoms with E-state index in [-0.39, 0.29) is 24.2 Å². The minimum atomic E-state index is 0. The van der Waals surface area contributed by atoms with Crippen LogP contribution in [-0.2, 0) is 0 Å². The largest absolute Gasteiger partial charge is 0.339 e. The van der Waals surface area contributed by atoms with Crippen LogP contribution in [0.25, 0.3) is 22.3 Å². The van der Waals surface area contributed by atoms with Gasteiger partial charge in [-0.25, -0.2) is 0 Å². The summed E-state index contributed by atoms with van der Waals surface area (Å²) in [6.07, 6.45) is 8.10. The van der Waals surface area contributed by atoms with Gasteiger partial charge in [0.1, 0.15) is 0 Å². The average Bonchev–Trinajstić information content (AvgIpc) is 3.15. The van der Waals surface area contributed by atoms with Gasteiger partial charge in [-0.1, -0.05) is 61.9 Å². The van der Waals surface area contributed by atoms with Crippen LogP contribution in [-0.4, -0.2) is 47.8 Å². The lowest BCUT2D eigenvalue weighted by Gasteiger charge is -2.36. The third-order valence-electron chi connectivity index (χ3n) is 12.5. The summed E-state index contributed by atoms with van der Waals surface area (Å²) in [6, 6.07) is 25.4. The quantitative estimate of drug-likeness (QED) is 0.173. The van der Waals surface area contributed by atoms with Crippen LogP contribution in [0.4, 0.5) is 0 Å². The Hall–Kier alpha value is -3.89. The van der Waals surface area contributed by atoms with Crippen LogP contribution in [0, 0.1) is 59.3 Å². The minimum Gasteiger partial charge on any atom is -0.339 e. The number of piperidine rings is 2. The molecular weight excluding hydrogens is 660 g/mol. The summed E-state index contributed by atoms with van der Waals surface area (Å²) in [6.45, 7) is 18.7. The number of carbonyl (C=O) groups is 2. The first-order chi connectivity index (χ1) is 24.5. The number of hydrogen-bond donors (Lipinski definition) is 0. The molecule has 2 fully saturated rings. The summed E-state index contributed by atoms with van der Waals surface area (Å²) in [4.78, 5) is 31.0. The lowest BCUT2D eigenvalue weighted by atomic mass is 9.79. The predicted octanol–water partition coefficient (Wildman–Crippen LogP) is 11.5. The van der Waals surface area contributed by atoms with Crippen LogP contribution in [0.5, 0.6) is 0 Å². The van der Waals surface area contributed by atoms with Gasteiger partial charge in [0.05, 0.1) is 0 Å². The molecule has 2 heterocycles. The molecule has 4 nitrogen and oxygen atoms in total. The topological polar surface area (TPSA) is 40.6 Å². The number of rotatable bonds is 9. The van der Waals surface area contributed by atoms with Crippen molar-refractivity contribution in [2.75, 3.05) is 26.2 Å². The third-order valence-corrected chi connectivity index (χ3v) is 12.5. The Labute approximate surface area is 319 Å². The fraction of sp³-hybridized carbons (Fsp3) is 0.447. The van der Waals surface area contributed by atoms with Gasteiger partial charge in [-0.15, -0.1) is 12.4 Å². The number of nitrogens with zero attached hydrogens (tertiary/aromatic N) is 2. The Morgan fingerprint density at radius 3 is 1.13 bits per heavy atom. The smallest absolute Gasteiger partial charge is 0.253 e. The molecule has 2 amide bonds. The molecule has 52 heavy (non-hydrogen) atoms. The van der Waals surface area contributed by atoms with Crippen molar-refractivity contribution < 1.29 is 9.59 Å². The van der Waals surface area contributed by atoms with E-state index in [0.29, 0.717) is 17.8 Å². The highest BCUT2D eigenvalue weighted by Gasteiger charge is 2.29. The number of aryl methyl sites for hydroxylation is 4. The fourth-order valence-corrected chi connectivity index (χ4v) is 8.50. The summed E-state index contributed by atoms with van der Waals surface area (Å²) in [7, 11) is 0. The van der Waals surface area contributed by atoms with Crippen molar-refractivity contribution in [2.45, 2.75) is 93.4 Å². The van der Waals surface area contributed by atoms with Crippen molar-refractivity contribution >= 4 is 24.2 Å². The van der Waals surface area contributed by atoms with Crippen molar-refractivity contribution in [1.29, 1.82) is 0 Å². The van der Waals surface area contributed by atoms with E-state index < -0.39 is 0 Å². The highest BCUT2D eigenvalue weighted by molar-refractivity contribution is 5.95. The number of hydrogen-bond acceptors (Lipinski definition) is 2. The lowest BCUT2D eigenvalue weighted by molar-refractivity contribution is 0.0660. The standard InChI is InChI=1S/C47H58N2O2.ClH/c1-8-37(29-38-17-21-48(22-18-38)46(50)42-13-9-40(10-14-42)44-25-31(2)35(6)32(3)26-44)30-39-19-23-49(24-20-39)47(51)43-15-11-41(12-16-43)45-27-33(4)36(7)34(5)28-45;/h9-16,25-28,37-39H,8,17-24,29-30H2,1-7H3;1H. The van der Waals surface area contributed by atoms with Crippen LogP contribution in [0.3, 0.4) is 0 Å². The van der Waals surface area contributed by atoms with Crippen LogP contribution in [0.1, 0.15) is 106 Å². The zero-order valence-electron chi connectivity index (χ0n) is 32.6. The number of likely N-dealkylation sites (tertiary alicyclic amines) is 2. The summed E-state index contributed by atoms with van der Waals surface area (Å²) >= 11 is 0. The molecule has 0 N–H and O–H groups in total. The van der Waals surface area contributed by atoms with Crippen molar-refractivity contribution in [3.05, 3.63) is 117 Å². The van der Waals surface area contributed by atoms with Gasteiger partial charge in [-0.3, -0.25) is 9.59 Å². The van der Waals surface area contributed by atoms with Crippen molar-refractivity contribution in [3.63, 3.8) is 0 Å². The first kappa shape index (κ1) is 39.3. The van der Waals surface area contributed by atoms with Crippen molar-refractivity contribution in [2.24, 2.45) is 17.8 Å². The summed E-state index contributed by atoms with van der Waals surface area (Å²) in [5, 5.41) is 0. The second kappa shape index (κ2) is 17.3. The van der Waals surface area contributed by atoms with Gasteiger partial charge in [0, 0.05) is 37.3 Å². The van der Waals surface area contributed by atoms with E-state index in [1.54, 1.807) is 0 Å². The summed E-state index contributed by atoms with van der Waals surface area (Å²) in [5.41, 5.74) is 14.2. The van der Waals surface area contributed by atoms with E-state index in [1.807, 2.05) is 24.3 Å². The van der Waals surface area contributed by atoms with E-state index in [4.69, 9.17) is 0 Å². The summed E-state index contributed by atoms with van der Waals surface area (Å²) in [5.74, 6) is 2.42. The molecule has 0 spiro atoms. The zero-order valence-corrected chi connectivity index (χ0v) is 33.4. The fourth-order valence-electron chi connectivity index (χ4n) is 8.50. The van der Waals surface area contributed by atoms with Crippen LogP contribution in [0.15, 0.2) is 72.8 Å². The molecule has 4 aromatic carbocycles. The molecule has 0 aliphatic carbocycles. The van der Waals surface area contributed by atoms with Crippen LogP contribution >= 0.6 is 12.4 Å². The molecule has 0 saturated carbocycles. The monoisotopic (exact) mass is 718 g/mol. The molecule has 276 valence electrons. The maximum atomic E-state index is 13.4. The number of carbonyl (C=O) groups excluding carboxylic acids is 2. The number of amides is 2. The minimum absolute atomic E-state index is 0. The maximum Gasteiger partial charge on any atom is 0.253 e. The van der Waals surface area contributed by atoms with E-state index in [9.17, 15) is 9.59 Å². The molecule has 5 heteroatoms. The van der Waals surface area contributed by atoms with Gasteiger partial charge in [0.2, 0.25) is 0 Å². The van der Waals surface area contributed by atoms with E-state index >= 15 is 0 Å². The van der Waals surface area contributed by atoms with Gasteiger partial charge in [-0.2, -0.15) is 0 Å². The molecule has 0 radical (unpaired) electrons. The zero-order chi connectivity index (χ0) is 36.2. The molecule has 0 atom stereocenters. The Balaban J connectivity index is 0.00000523. The van der Waals surface area contributed by atoms with E-state index in [2.05, 4.69) is 107 Å². The Kier molecular flexibility index (Phi) is 13.1. The second-order valence-electron chi connectivity index (χ2n) is 15.8. The lowest BCUT2D eigenvalue weighted by Crippen LogP contribution is -2.39. The number of halogens is 1. The Bertz CT molecular complexity index is 1660. The molecule has 2 aliphatic rings. The first-order valence-corrected chi connectivity index (χ1v) is 19.5. The second-order valence-corrected chi connectivity index (χ2v) is 15.8. The molecule has 0 bridgehead atoms. The SMILES string of the molecule is CCC(CC1CCN(C(=O)c2ccc(-c3cc(C)c(C)c(C)c3)cc2)CC1)CC1CCN(C(=O)c2ccc(-c3cc(C)c(C)c(C)c3)cc2)CC1.Cl. The van der Waals surface area contributed by atoms with Gasteiger partial charge in [-0.05, 0) is 178 Å². The van der Waals surface area contributed by atoms with Crippen molar-refractivity contribution in [1.82, 2.24) is 9.80 Å². The molecule has 2 saturated heterocycles. The average molecular weight is 719 g/mol. The van der Waals surface area contributed by atoms with Crippen LogP contribution < -0.4 is 0 Å². The highest BCUT2D eigenvalue weighted by atomic mass is 35.5. The Morgan fingerprint density at radius 1 is 0.538 bits per heavy atom.